The first-order valence-electron chi connectivity index (χ1n) is 6.83. The highest BCUT2D eigenvalue weighted by Crippen LogP contribution is 2.40. The molecule has 0 radical (unpaired) electrons. The van der Waals surface area contributed by atoms with Crippen LogP contribution in [0.25, 0.3) is 43.9 Å². The van der Waals surface area contributed by atoms with Crippen LogP contribution in [-0.2, 0) is 0 Å². The van der Waals surface area contributed by atoms with Crippen molar-refractivity contribution in [2.24, 2.45) is 0 Å². The van der Waals surface area contributed by atoms with Gasteiger partial charge >= 0.3 is 0 Å². The summed E-state index contributed by atoms with van der Waals surface area (Å²) < 4.78 is 14.1. The highest BCUT2D eigenvalue weighted by Gasteiger charge is 2.16. The van der Waals surface area contributed by atoms with Crippen molar-refractivity contribution < 1.29 is 8.83 Å². The Hall–Kier alpha value is -1.78. The summed E-state index contributed by atoms with van der Waals surface area (Å²) in [6.07, 6.45) is 0. The lowest BCUT2D eigenvalue weighted by atomic mass is 10.1. The monoisotopic (exact) mass is 414 g/mol. The van der Waals surface area contributed by atoms with Gasteiger partial charge in [0.1, 0.15) is 22.3 Å². The molecule has 4 heteroatoms. The van der Waals surface area contributed by atoms with Crippen molar-refractivity contribution in [1.82, 2.24) is 0 Å². The van der Waals surface area contributed by atoms with Crippen LogP contribution in [0.3, 0.4) is 0 Å². The molecule has 0 unspecified atom stereocenters. The number of halogens is 2. The molecule has 0 N–H and O–H groups in total. The standard InChI is InChI=1S/C18H8Br2O2/c19-9-1-3-13-11(7-9)17-15(21-13)5-6-16-18(17)12-8-10(20)2-4-14(12)22-16/h1-8H. The van der Waals surface area contributed by atoms with Gasteiger partial charge in [-0.2, -0.15) is 0 Å². The summed E-state index contributed by atoms with van der Waals surface area (Å²) in [4.78, 5) is 0. The van der Waals surface area contributed by atoms with E-state index < -0.39 is 0 Å². The van der Waals surface area contributed by atoms with Crippen LogP contribution < -0.4 is 0 Å². The van der Waals surface area contributed by atoms with Crippen LogP contribution in [0.1, 0.15) is 0 Å². The highest BCUT2D eigenvalue weighted by molar-refractivity contribution is 9.10. The van der Waals surface area contributed by atoms with E-state index in [4.69, 9.17) is 8.83 Å². The van der Waals surface area contributed by atoms with Crippen molar-refractivity contribution in [3.05, 3.63) is 57.5 Å². The Balaban J connectivity index is 2.14. The van der Waals surface area contributed by atoms with Crippen molar-refractivity contribution >= 4 is 75.7 Å². The summed E-state index contributed by atoms with van der Waals surface area (Å²) in [5.74, 6) is 0. The second kappa shape index (κ2) is 4.37. The van der Waals surface area contributed by atoms with Gasteiger partial charge in [0.25, 0.3) is 0 Å². The van der Waals surface area contributed by atoms with E-state index in [0.29, 0.717) is 0 Å². The molecule has 22 heavy (non-hydrogen) atoms. The number of hydrogen-bond acceptors (Lipinski definition) is 2. The van der Waals surface area contributed by atoms with E-state index in [1.165, 1.54) is 0 Å². The lowest BCUT2D eigenvalue weighted by molar-refractivity contribution is 0.663. The Kier molecular flexibility index (Phi) is 2.53. The summed E-state index contributed by atoms with van der Waals surface area (Å²) >= 11 is 7.09. The van der Waals surface area contributed by atoms with Crippen LogP contribution in [0.2, 0.25) is 0 Å². The molecule has 0 fully saturated rings. The first-order valence-corrected chi connectivity index (χ1v) is 8.42. The Labute approximate surface area is 141 Å². The Bertz CT molecular complexity index is 1100. The predicted molar refractivity (Wildman–Crippen MR) is 96.4 cm³/mol. The molecule has 2 heterocycles. The first kappa shape index (κ1) is 12.7. The van der Waals surface area contributed by atoms with Gasteiger partial charge in [0, 0.05) is 30.5 Å². The van der Waals surface area contributed by atoms with Gasteiger partial charge in [-0.15, -0.1) is 0 Å². The molecule has 0 aliphatic carbocycles. The average Bonchev–Trinajstić information content (AvgIpc) is 3.04. The van der Waals surface area contributed by atoms with E-state index in [1.807, 2.05) is 36.4 Å². The first-order chi connectivity index (χ1) is 10.7. The number of hydrogen-bond donors (Lipinski definition) is 0. The second-order valence-electron chi connectivity index (χ2n) is 5.30. The van der Waals surface area contributed by atoms with E-state index in [2.05, 4.69) is 44.0 Å². The molecule has 0 saturated carbocycles. The molecule has 5 rings (SSSR count). The molecule has 2 nitrogen and oxygen atoms in total. The third-order valence-corrected chi connectivity index (χ3v) is 4.98. The minimum Gasteiger partial charge on any atom is -0.456 e. The van der Waals surface area contributed by atoms with Crippen LogP contribution in [0.15, 0.2) is 66.3 Å². The Morgan fingerprint density at radius 3 is 1.41 bits per heavy atom. The van der Waals surface area contributed by atoms with E-state index >= 15 is 0 Å². The molecule has 0 saturated heterocycles. The molecular weight excluding hydrogens is 408 g/mol. The third kappa shape index (κ3) is 1.65. The fourth-order valence-corrected chi connectivity index (χ4v) is 3.80. The molecule has 0 aliphatic heterocycles. The van der Waals surface area contributed by atoms with Gasteiger partial charge in [0.05, 0.1) is 0 Å². The maximum atomic E-state index is 5.99. The van der Waals surface area contributed by atoms with Crippen molar-refractivity contribution in [3.63, 3.8) is 0 Å². The van der Waals surface area contributed by atoms with Crippen LogP contribution in [0.5, 0.6) is 0 Å². The lowest BCUT2D eigenvalue weighted by Gasteiger charge is -1.95. The molecule has 0 spiro atoms. The van der Waals surface area contributed by atoms with Crippen molar-refractivity contribution in [2.75, 3.05) is 0 Å². The molecule has 0 atom stereocenters. The van der Waals surface area contributed by atoms with Crippen molar-refractivity contribution in [2.45, 2.75) is 0 Å². The second-order valence-corrected chi connectivity index (χ2v) is 7.13. The summed E-state index contributed by atoms with van der Waals surface area (Å²) in [5, 5.41) is 4.40. The van der Waals surface area contributed by atoms with Gasteiger partial charge in [0.15, 0.2) is 0 Å². The van der Waals surface area contributed by atoms with E-state index in [9.17, 15) is 0 Å². The zero-order valence-corrected chi connectivity index (χ0v) is 14.4. The van der Waals surface area contributed by atoms with Gasteiger partial charge in [-0.1, -0.05) is 31.9 Å². The van der Waals surface area contributed by atoms with E-state index in [0.717, 1.165) is 52.8 Å². The quantitative estimate of drug-likeness (QED) is 0.272. The van der Waals surface area contributed by atoms with Gasteiger partial charge in [-0.3, -0.25) is 0 Å². The molecular formula is C18H8Br2O2. The Morgan fingerprint density at radius 2 is 0.955 bits per heavy atom. The molecule has 106 valence electrons. The number of furan rings is 2. The van der Waals surface area contributed by atoms with Crippen molar-refractivity contribution in [3.8, 4) is 0 Å². The van der Waals surface area contributed by atoms with Crippen LogP contribution in [-0.4, -0.2) is 0 Å². The normalized spacial score (nSPS) is 12.1. The van der Waals surface area contributed by atoms with Crippen LogP contribution >= 0.6 is 31.9 Å². The molecule has 3 aromatic carbocycles. The average molecular weight is 416 g/mol. The lowest BCUT2D eigenvalue weighted by Crippen LogP contribution is -1.72. The molecule has 2 aromatic heterocycles. The minimum absolute atomic E-state index is 0.878. The van der Waals surface area contributed by atoms with Gasteiger partial charge < -0.3 is 8.83 Å². The topological polar surface area (TPSA) is 26.3 Å². The zero-order chi connectivity index (χ0) is 14.8. The number of fused-ring (bicyclic) bond motifs is 7. The number of rotatable bonds is 0. The van der Waals surface area contributed by atoms with Gasteiger partial charge in [0.2, 0.25) is 0 Å². The molecule has 0 aliphatic rings. The SMILES string of the molecule is Brc1ccc2oc3ccc4oc5ccc(Br)cc5c4c3c2c1. The summed E-state index contributed by atoms with van der Waals surface area (Å²) in [6, 6.07) is 16.1. The summed E-state index contributed by atoms with van der Waals surface area (Å²) in [5.41, 5.74) is 3.52. The molecule has 0 amide bonds. The smallest absolute Gasteiger partial charge is 0.136 e. The largest absolute Gasteiger partial charge is 0.456 e. The van der Waals surface area contributed by atoms with E-state index in [1.54, 1.807) is 0 Å². The van der Waals surface area contributed by atoms with Crippen LogP contribution in [0, 0.1) is 0 Å². The maximum Gasteiger partial charge on any atom is 0.136 e. The zero-order valence-electron chi connectivity index (χ0n) is 11.2. The number of benzene rings is 3. The summed E-state index contributed by atoms with van der Waals surface area (Å²) in [7, 11) is 0. The minimum atomic E-state index is 0.878. The van der Waals surface area contributed by atoms with E-state index in [-0.39, 0.29) is 0 Å². The molecule has 0 bridgehead atoms. The predicted octanol–water partition coefficient (Wildman–Crippen LogP) is 7.01. The summed E-state index contributed by atoms with van der Waals surface area (Å²) in [6.45, 7) is 0. The Morgan fingerprint density at radius 1 is 0.545 bits per heavy atom. The van der Waals surface area contributed by atoms with Gasteiger partial charge in [-0.25, -0.2) is 0 Å². The fraction of sp³-hybridized carbons (Fsp3) is 0. The maximum absolute atomic E-state index is 5.99. The fourth-order valence-electron chi connectivity index (χ4n) is 3.08. The van der Waals surface area contributed by atoms with Crippen LogP contribution in [0.4, 0.5) is 0 Å². The molecule has 5 aromatic rings. The van der Waals surface area contributed by atoms with Gasteiger partial charge in [-0.05, 0) is 48.5 Å². The third-order valence-electron chi connectivity index (χ3n) is 3.99. The highest BCUT2D eigenvalue weighted by atomic mass is 79.9. The van der Waals surface area contributed by atoms with Crippen molar-refractivity contribution in [1.29, 1.82) is 0 Å².